The number of hydrogen-bond donors (Lipinski definition) is 3. The minimum Gasteiger partial charge on any atom is -0.332 e. The van der Waals surface area contributed by atoms with E-state index in [-0.39, 0.29) is 21.0 Å². The number of aryl methyl sites for hydroxylation is 1. The molecule has 0 unspecified atom stereocenters. The van der Waals surface area contributed by atoms with Gasteiger partial charge in [0.2, 0.25) is 11.0 Å². The fourth-order valence-corrected chi connectivity index (χ4v) is 4.93. The molecule has 0 radical (unpaired) electrons. The van der Waals surface area contributed by atoms with Gasteiger partial charge in [0.1, 0.15) is 5.01 Å². The summed E-state index contributed by atoms with van der Waals surface area (Å²) >= 11 is 7.82. The van der Waals surface area contributed by atoms with Crippen LogP contribution in [0.25, 0.3) is 6.08 Å². The molecule has 0 bridgehead atoms. The van der Waals surface area contributed by atoms with Crippen molar-refractivity contribution in [2.45, 2.75) is 18.2 Å². The van der Waals surface area contributed by atoms with Crippen molar-refractivity contribution in [2.75, 3.05) is 10.0 Å². The molecule has 0 saturated carbocycles. The minimum absolute atomic E-state index is 0.0649. The monoisotopic (exact) mass is 479 g/mol. The molecule has 3 N–H and O–H groups in total. The van der Waals surface area contributed by atoms with Crippen molar-refractivity contribution >= 4 is 72.8 Å². The second-order valence-corrected chi connectivity index (χ2v) is 9.91. The van der Waals surface area contributed by atoms with Gasteiger partial charge >= 0.3 is 0 Å². The van der Waals surface area contributed by atoms with E-state index < -0.39 is 10.0 Å². The van der Waals surface area contributed by atoms with Crippen LogP contribution in [-0.4, -0.2) is 29.6 Å². The van der Waals surface area contributed by atoms with Crippen LogP contribution in [0.2, 0.25) is 0 Å². The van der Waals surface area contributed by atoms with E-state index in [4.69, 9.17) is 12.2 Å². The Kier molecular flexibility index (Phi) is 7.26. The lowest BCUT2D eigenvalue weighted by Gasteiger charge is -2.09. The Hall–Kier alpha value is -2.67. The molecule has 0 spiro atoms. The molecule has 3 aromatic rings. The molecule has 0 atom stereocenters. The molecule has 0 aliphatic rings. The maximum atomic E-state index is 12.5. The largest absolute Gasteiger partial charge is 0.332 e. The average molecular weight is 480 g/mol. The highest BCUT2D eigenvalue weighted by Gasteiger charge is 2.16. The van der Waals surface area contributed by atoms with Crippen LogP contribution >= 0.6 is 34.9 Å². The first kappa shape index (κ1) is 22.0. The molecule has 0 fully saturated rings. The molecule has 0 aliphatic heterocycles. The number of thiophene rings is 1. The third kappa shape index (κ3) is 6.16. The Morgan fingerprint density at radius 3 is 2.60 bits per heavy atom. The zero-order valence-corrected chi connectivity index (χ0v) is 18.9. The van der Waals surface area contributed by atoms with E-state index in [9.17, 15) is 13.2 Å². The molecule has 3 rings (SSSR count). The van der Waals surface area contributed by atoms with Crippen molar-refractivity contribution in [3.05, 3.63) is 57.7 Å². The molecular weight excluding hydrogens is 462 g/mol. The molecule has 2 heterocycles. The summed E-state index contributed by atoms with van der Waals surface area (Å²) in [6, 6.07) is 9.73. The van der Waals surface area contributed by atoms with Gasteiger partial charge < -0.3 is 5.32 Å². The predicted octanol–water partition coefficient (Wildman–Crippen LogP) is 3.49. The predicted molar refractivity (Wildman–Crippen MR) is 124 cm³/mol. The summed E-state index contributed by atoms with van der Waals surface area (Å²) in [6.07, 6.45) is 3.76. The Bertz CT molecular complexity index is 1150. The molecule has 30 heavy (non-hydrogen) atoms. The maximum absolute atomic E-state index is 12.5. The number of carbonyl (C=O) groups is 1. The Balaban J connectivity index is 1.56. The van der Waals surface area contributed by atoms with E-state index in [2.05, 4.69) is 25.6 Å². The summed E-state index contributed by atoms with van der Waals surface area (Å²) in [6.45, 7) is 1.91. The molecule has 156 valence electrons. The highest BCUT2D eigenvalue weighted by atomic mass is 32.2. The summed E-state index contributed by atoms with van der Waals surface area (Å²) in [5.41, 5.74) is 0.533. The zero-order valence-electron chi connectivity index (χ0n) is 15.7. The van der Waals surface area contributed by atoms with Gasteiger partial charge in [-0.15, -0.1) is 21.5 Å². The number of carbonyl (C=O) groups excluding carboxylic acids is 1. The quantitative estimate of drug-likeness (QED) is 0.351. The standard InChI is InChI=1S/C18H17N5O3S4/c1-2-16-21-22-18(29-16)23-30(25,26)14-8-5-12(6-9-14)19-17(27)20-15(24)10-7-13-4-3-11-28-13/h3-11H,2H2,1H3,(H,22,23)(H2,19,20,24,27). The molecule has 0 saturated heterocycles. The van der Waals surface area contributed by atoms with Crippen LogP contribution in [0.1, 0.15) is 16.8 Å². The minimum atomic E-state index is -3.78. The van der Waals surface area contributed by atoms with Gasteiger partial charge in [0, 0.05) is 16.6 Å². The van der Waals surface area contributed by atoms with E-state index in [0.29, 0.717) is 12.1 Å². The number of benzene rings is 1. The van der Waals surface area contributed by atoms with Crippen molar-refractivity contribution < 1.29 is 13.2 Å². The lowest BCUT2D eigenvalue weighted by Crippen LogP contribution is -2.32. The zero-order chi connectivity index (χ0) is 21.6. The maximum Gasteiger partial charge on any atom is 0.263 e. The summed E-state index contributed by atoms with van der Waals surface area (Å²) in [7, 11) is -3.78. The van der Waals surface area contributed by atoms with Crippen LogP contribution < -0.4 is 15.4 Å². The number of aromatic nitrogens is 2. The number of nitrogens with one attached hydrogen (secondary N) is 3. The third-order valence-electron chi connectivity index (χ3n) is 3.59. The first-order chi connectivity index (χ1) is 14.4. The molecule has 8 nitrogen and oxygen atoms in total. The first-order valence-corrected chi connectivity index (χ1v) is 12.2. The van der Waals surface area contributed by atoms with E-state index in [1.165, 1.54) is 40.9 Å². The smallest absolute Gasteiger partial charge is 0.263 e. The van der Waals surface area contributed by atoms with E-state index in [1.807, 2.05) is 24.4 Å². The fourth-order valence-electron chi connectivity index (χ4n) is 2.19. The van der Waals surface area contributed by atoms with Crippen LogP contribution in [0.15, 0.2) is 52.7 Å². The van der Waals surface area contributed by atoms with Crippen molar-refractivity contribution in [2.24, 2.45) is 0 Å². The van der Waals surface area contributed by atoms with Gasteiger partial charge in [0.15, 0.2) is 5.11 Å². The van der Waals surface area contributed by atoms with E-state index in [0.717, 1.165) is 9.88 Å². The van der Waals surface area contributed by atoms with Crippen LogP contribution in [0.4, 0.5) is 10.8 Å². The van der Waals surface area contributed by atoms with Crippen molar-refractivity contribution in [1.82, 2.24) is 15.5 Å². The van der Waals surface area contributed by atoms with Crippen LogP contribution in [0, 0.1) is 0 Å². The Morgan fingerprint density at radius 2 is 1.97 bits per heavy atom. The number of thiocarbonyl (C=S) groups is 1. The lowest BCUT2D eigenvalue weighted by atomic mass is 10.3. The summed E-state index contributed by atoms with van der Waals surface area (Å²) in [5.74, 6) is -0.368. The molecule has 2 aromatic heterocycles. The van der Waals surface area contributed by atoms with Gasteiger partial charge in [-0.05, 0) is 60.4 Å². The van der Waals surface area contributed by atoms with Gasteiger partial charge in [-0.25, -0.2) is 8.42 Å². The Morgan fingerprint density at radius 1 is 1.20 bits per heavy atom. The number of rotatable bonds is 7. The highest BCUT2D eigenvalue weighted by molar-refractivity contribution is 7.93. The van der Waals surface area contributed by atoms with Gasteiger partial charge in [-0.3, -0.25) is 14.8 Å². The number of sulfonamides is 1. The van der Waals surface area contributed by atoms with Gasteiger partial charge in [-0.2, -0.15) is 0 Å². The second-order valence-electron chi connectivity index (χ2n) is 5.78. The van der Waals surface area contributed by atoms with Crippen molar-refractivity contribution in [3.8, 4) is 0 Å². The normalized spacial score (nSPS) is 11.4. The van der Waals surface area contributed by atoms with Gasteiger partial charge in [0.25, 0.3) is 10.0 Å². The van der Waals surface area contributed by atoms with Crippen molar-refractivity contribution in [3.63, 3.8) is 0 Å². The molecular formula is C18H17N5O3S4. The first-order valence-electron chi connectivity index (χ1n) is 8.64. The molecule has 1 amide bonds. The summed E-state index contributed by atoms with van der Waals surface area (Å²) in [4.78, 5) is 12.9. The fraction of sp³-hybridized carbons (Fsp3) is 0.111. The number of nitrogens with zero attached hydrogens (tertiary/aromatic N) is 2. The third-order valence-corrected chi connectivity index (χ3v) is 7.10. The van der Waals surface area contributed by atoms with Crippen LogP contribution in [0.5, 0.6) is 0 Å². The average Bonchev–Trinajstić information content (AvgIpc) is 3.38. The SMILES string of the molecule is CCc1nnc(NS(=O)(=O)c2ccc(NC(=S)NC(=O)C=Cc3cccs3)cc2)s1. The lowest BCUT2D eigenvalue weighted by molar-refractivity contribution is -0.115. The van der Waals surface area contributed by atoms with E-state index >= 15 is 0 Å². The molecule has 0 aliphatic carbocycles. The highest BCUT2D eigenvalue weighted by Crippen LogP contribution is 2.21. The molecule has 1 aromatic carbocycles. The van der Waals surface area contributed by atoms with E-state index in [1.54, 1.807) is 18.2 Å². The van der Waals surface area contributed by atoms with Gasteiger partial charge in [0.05, 0.1) is 4.90 Å². The Labute approximate surface area is 187 Å². The number of amides is 1. The van der Waals surface area contributed by atoms with Crippen molar-refractivity contribution in [1.29, 1.82) is 0 Å². The number of anilines is 2. The second kappa shape index (κ2) is 9.89. The number of hydrogen-bond acceptors (Lipinski definition) is 8. The summed E-state index contributed by atoms with van der Waals surface area (Å²) < 4.78 is 27.3. The van der Waals surface area contributed by atoms with Crippen LogP contribution in [-0.2, 0) is 21.2 Å². The van der Waals surface area contributed by atoms with Gasteiger partial charge in [-0.1, -0.05) is 24.3 Å². The summed E-state index contributed by atoms with van der Waals surface area (Å²) in [5, 5.41) is 16.1. The topological polar surface area (TPSA) is 113 Å². The molecule has 12 heteroatoms. The van der Waals surface area contributed by atoms with Crippen LogP contribution in [0.3, 0.4) is 0 Å².